The van der Waals surface area contributed by atoms with Gasteiger partial charge in [0.1, 0.15) is 0 Å². The summed E-state index contributed by atoms with van der Waals surface area (Å²) in [6.07, 6.45) is 0. The van der Waals surface area contributed by atoms with Crippen LogP contribution in [-0.2, 0) is 0 Å². The van der Waals surface area contributed by atoms with E-state index in [1.807, 2.05) is 0 Å². The van der Waals surface area contributed by atoms with Crippen LogP contribution in [0.5, 0.6) is 0 Å². The van der Waals surface area contributed by atoms with Crippen molar-refractivity contribution in [2.75, 3.05) is 0 Å². The van der Waals surface area contributed by atoms with Gasteiger partial charge in [-0.1, -0.05) is 0 Å². The van der Waals surface area contributed by atoms with E-state index in [2.05, 4.69) is 0 Å². The van der Waals surface area contributed by atoms with E-state index in [0.717, 1.165) is 0 Å². The summed E-state index contributed by atoms with van der Waals surface area (Å²) in [7, 11) is -6.50. The maximum absolute atomic E-state index is 7.17. The number of hydrogen-bond donors (Lipinski definition) is 9. The number of hydrogen-bond acceptors (Lipinski definition) is 9. The zero-order chi connectivity index (χ0) is 10.7. The molecule has 0 heterocycles. The Morgan fingerprint density at radius 2 is 0.462 bits per heavy atom. The molecule has 0 aliphatic heterocycles. The molecule has 13 heteroatoms. The average Bonchev–Trinajstić information content (AvgIpc) is 1.54. The smallest absolute Gasteiger partial charge is 1.00 e. The third-order valence-corrected chi connectivity index (χ3v) is 0. The van der Waals surface area contributed by atoms with Crippen LogP contribution in [0.4, 0.5) is 0 Å². The molecule has 0 aromatic carbocycles. The maximum Gasteiger partial charge on any atom is 2.00 e. The largest absolute Gasteiger partial charge is 2.00 e. The minimum Gasteiger partial charge on any atom is -1.00 e. The third kappa shape index (κ3) is 3920. The maximum atomic E-state index is 7.17. The van der Waals surface area contributed by atoms with Gasteiger partial charge in [-0.3, -0.25) is 0 Å². The minimum absolute atomic E-state index is 0. The van der Waals surface area contributed by atoms with Crippen LogP contribution in [0.2, 0.25) is 0 Å². The molecule has 76 valence electrons. The monoisotopic (exact) mass is 212 g/mol. The van der Waals surface area contributed by atoms with Crippen molar-refractivity contribution in [3.8, 4) is 0 Å². The van der Waals surface area contributed by atoms with Gasteiger partial charge in [0.15, 0.2) is 0 Å². The van der Waals surface area contributed by atoms with Gasteiger partial charge < -0.3 is 48.1 Å². The Bertz CT molecular complexity index is 51.8. The Kier molecular flexibility index (Phi) is 33.2. The van der Waals surface area contributed by atoms with Crippen LogP contribution in [0, 0.1) is 0 Å². The van der Waals surface area contributed by atoms with Crippen LogP contribution < -0.4 is 0 Å². The van der Waals surface area contributed by atoms with Crippen molar-refractivity contribution in [3.63, 3.8) is 0 Å². The fourth-order valence-corrected chi connectivity index (χ4v) is 0. The van der Waals surface area contributed by atoms with Gasteiger partial charge in [0.05, 0.1) is 0 Å². The second kappa shape index (κ2) is 18.4. The van der Waals surface area contributed by atoms with Crippen molar-refractivity contribution < 1.29 is 48.1 Å². The van der Waals surface area contributed by atoms with Crippen molar-refractivity contribution in [2.45, 2.75) is 0 Å². The fraction of sp³-hybridized carbons (Fsp3) is 0. The molecule has 13 heavy (non-hydrogen) atoms. The predicted octanol–water partition coefficient (Wildman–Crippen LogP) is -6.31. The molecular formula is H11B3MgO9. The molecule has 0 aromatic rings. The van der Waals surface area contributed by atoms with Gasteiger partial charge in [-0.05, 0) is 0 Å². The Hall–Kier alpha value is 0.601. The molecule has 0 atom stereocenters. The molecule has 9 nitrogen and oxygen atoms in total. The van der Waals surface area contributed by atoms with Crippen LogP contribution in [0.15, 0.2) is 0 Å². The molecule has 0 aliphatic carbocycles. The van der Waals surface area contributed by atoms with E-state index in [4.69, 9.17) is 45.2 Å². The number of rotatable bonds is 0. The van der Waals surface area contributed by atoms with Crippen molar-refractivity contribution in [1.29, 1.82) is 0 Å². The van der Waals surface area contributed by atoms with Crippen LogP contribution in [0.1, 0.15) is 2.85 Å². The van der Waals surface area contributed by atoms with Gasteiger partial charge in [0.2, 0.25) is 0 Å². The molecule has 0 spiro atoms. The van der Waals surface area contributed by atoms with E-state index in [1.54, 1.807) is 0 Å². The molecule has 0 radical (unpaired) electrons. The first-order valence-electron chi connectivity index (χ1n) is 2.32. The molecule has 0 saturated heterocycles. The fourth-order valence-electron chi connectivity index (χ4n) is 0. The molecule has 0 rings (SSSR count). The van der Waals surface area contributed by atoms with Crippen LogP contribution in [-0.4, -0.2) is 90.2 Å². The zero-order valence-electron chi connectivity index (χ0n) is 8.46. The first-order chi connectivity index (χ1) is 5.20. The van der Waals surface area contributed by atoms with Crippen LogP contribution in [0.25, 0.3) is 0 Å². The summed E-state index contributed by atoms with van der Waals surface area (Å²) in [5, 5.41) is 64.5. The van der Waals surface area contributed by atoms with Crippen molar-refractivity contribution in [2.24, 2.45) is 0 Å². The molecule has 0 unspecified atom stereocenters. The van der Waals surface area contributed by atoms with Gasteiger partial charge in [0, 0.05) is 0 Å². The minimum atomic E-state index is -2.17. The molecule has 9 N–H and O–H groups in total. The molecular weight excluding hydrogens is 201 g/mol. The van der Waals surface area contributed by atoms with E-state index in [1.165, 1.54) is 0 Å². The normalized spacial score (nSPS) is 6.23. The Labute approximate surface area is 93.6 Å². The Morgan fingerprint density at radius 1 is 0.462 bits per heavy atom. The van der Waals surface area contributed by atoms with E-state index in [0.29, 0.717) is 0 Å². The summed E-state index contributed by atoms with van der Waals surface area (Å²) in [6.45, 7) is 0. The van der Waals surface area contributed by atoms with Gasteiger partial charge in [-0.15, -0.1) is 0 Å². The van der Waals surface area contributed by atoms with E-state index in [9.17, 15) is 0 Å². The summed E-state index contributed by atoms with van der Waals surface area (Å²) < 4.78 is 0. The zero-order valence-corrected chi connectivity index (χ0v) is 7.88. The molecule has 0 saturated carbocycles. The Balaban J connectivity index is -0.0000000184. The SMILES string of the molecule is OB(O)O.OB(O)O.OB(O)O.[H-].[H-].[Mg+2]. The summed E-state index contributed by atoms with van der Waals surface area (Å²) in [5.74, 6) is 0. The summed E-state index contributed by atoms with van der Waals surface area (Å²) in [5.41, 5.74) is 0. The van der Waals surface area contributed by atoms with E-state index < -0.39 is 22.0 Å². The third-order valence-electron chi connectivity index (χ3n) is 0. The van der Waals surface area contributed by atoms with E-state index in [-0.39, 0.29) is 25.9 Å². The van der Waals surface area contributed by atoms with E-state index >= 15 is 0 Å². The second-order valence-electron chi connectivity index (χ2n) is 1.04. The first kappa shape index (κ1) is 23.4. The first-order valence-corrected chi connectivity index (χ1v) is 2.32. The van der Waals surface area contributed by atoms with Crippen molar-refractivity contribution in [1.82, 2.24) is 0 Å². The van der Waals surface area contributed by atoms with Crippen molar-refractivity contribution in [3.05, 3.63) is 0 Å². The molecule has 0 fully saturated rings. The van der Waals surface area contributed by atoms with Gasteiger partial charge in [-0.2, -0.15) is 0 Å². The topological polar surface area (TPSA) is 182 Å². The van der Waals surface area contributed by atoms with Crippen molar-refractivity contribution >= 4 is 45.0 Å². The van der Waals surface area contributed by atoms with Gasteiger partial charge >= 0.3 is 45.0 Å². The summed E-state index contributed by atoms with van der Waals surface area (Å²) in [6, 6.07) is 0. The van der Waals surface area contributed by atoms with Gasteiger partial charge in [0.25, 0.3) is 0 Å². The molecule has 0 bridgehead atoms. The molecule has 0 aliphatic rings. The van der Waals surface area contributed by atoms with Crippen LogP contribution >= 0.6 is 0 Å². The second-order valence-corrected chi connectivity index (χ2v) is 1.04. The standard InChI is InChI=1S/3BH3O3.Mg.2H/c3*2-1(3)4;;;/h3*2-4H;;;/q;;;+2;2*-1. The van der Waals surface area contributed by atoms with Crippen LogP contribution in [0.3, 0.4) is 0 Å². The summed E-state index contributed by atoms with van der Waals surface area (Å²) in [4.78, 5) is 0. The molecule has 0 amide bonds. The Morgan fingerprint density at radius 3 is 0.462 bits per heavy atom. The van der Waals surface area contributed by atoms with Gasteiger partial charge in [-0.25, -0.2) is 0 Å². The molecule has 0 aromatic heterocycles. The summed E-state index contributed by atoms with van der Waals surface area (Å²) >= 11 is 0. The quantitative estimate of drug-likeness (QED) is 0.176. The predicted molar refractivity (Wildman–Crippen MR) is 45.2 cm³/mol. The average molecular weight is 212 g/mol.